The first kappa shape index (κ1) is 14.5. The van der Waals surface area contributed by atoms with Gasteiger partial charge in [0.05, 0.1) is 5.56 Å². The normalized spacial score (nSPS) is 11.3. The van der Waals surface area contributed by atoms with E-state index in [-0.39, 0.29) is 17.1 Å². The van der Waals surface area contributed by atoms with Crippen molar-refractivity contribution in [1.29, 1.82) is 0 Å². The van der Waals surface area contributed by atoms with Gasteiger partial charge in [-0.15, -0.1) is 0 Å². The smallest absolute Gasteiger partial charge is 0.255 e. The molecule has 0 saturated heterocycles. The number of carbonyl (C=O) groups is 1. The molecule has 1 amide bonds. The van der Waals surface area contributed by atoms with Crippen molar-refractivity contribution in [3.8, 4) is 5.75 Å². The van der Waals surface area contributed by atoms with E-state index in [2.05, 4.69) is 37.2 Å². The molecule has 0 unspecified atom stereocenters. The lowest BCUT2D eigenvalue weighted by molar-refractivity contribution is 0.0937. The molecule has 94 valence electrons. The maximum atomic E-state index is 11.8. The Morgan fingerprint density at radius 1 is 1.47 bits per heavy atom. The number of phenols is 1. The molecule has 0 heterocycles. The van der Waals surface area contributed by atoms with Gasteiger partial charge in [0.1, 0.15) is 5.75 Å². The molecule has 0 radical (unpaired) electrons. The fourth-order valence-corrected chi connectivity index (χ4v) is 1.71. The van der Waals surface area contributed by atoms with E-state index in [0.717, 1.165) is 9.80 Å². The predicted molar refractivity (Wildman–Crippen MR) is 75.7 cm³/mol. The number of phenolic OH excluding ortho intramolecular Hbond substituents is 1. The second-order valence-electron chi connectivity index (χ2n) is 4.64. The van der Waals surface area contributed by atoms with Gasteiger partial charge in [-0.1, -0.05) is 45.7 Å². The van der Waals surface area contributed by atoms with Gasteiger partial charge >= 0.3 is 0 Å². The molecular weight excluding hydrogens is 350 g/mol. The summed E-state index contributed by atoms with van der Waals surface area (Å²) in [7, 11) is 0. The van der Waals surface area contributed by atoms with Crippen LogP contribution in [0.3, 0.4) is 0 Å². The predicted octanol–water partition coefficient (Wildman–Crippen LogP) is 3.31. The number of hydrogen-bond donors (Lipinski definition) is 2. The van der Waals surface area contributed by atoms with Crippen LogP contribution in [0.4, 0.5) is 0 Å². The molecule has 0 aliphatic heterocycles. The molecule has 1 rings (SSSR count). The third-order valence-electron chi connectivity index (χ3n) is 2.29. The number of carbonyl (C=O) groups excluding carboxylic acids is 1. The Hall–Kier alpha value is -0.550. The molecule has 1 aromatic carbocycles. The molecule has 0 aromatic heterocycles. The molecule has 0 atom stereocenters. The highest BCUT2D eigenvalue weighted by molar-refractivity contribution is 9.10. The number of aromatic hydroxyl groups is 1. The number of rotatable bonds is 4. The highest BCUT2D eigenvalue weighted by Gasteiger charge is 2.18. The zero-order chi connectivity index (χ0) is 13.1. The molecule has 0 aliphatic rings. The van der Waals surface area contributed by atoms with Crippen molar-refractivity contribution in [3.63, 3.8) is 0 Å². The summed E-state index contributed by atoms with van der Waals surface area (Å²) in [6, 6.07) is 4.82. The maximum Gasteiger partial charge on any atom is 0.255 e. The Labute approximate surface area is 118 Å². The number of hydrogen-bond acceptors (Lipinski definition) is 2. The standard InChI is InChI=1S/C12H15Br2NO2/c1-12(2,6-13)7-15-11(17)9-4-3-8(14)5-10(9)16/h3-5,16H,6-7H2,1-2H3,(H,15,17). The Kier molecular flexibility index (Phi) is 5.01. The molecule has 0 fully saturated rings. The van der Waals surface area contributed by atoms with Crippen molar-refractivity contribution in [1.82, 2.24) is 5.32 Å². The molecule has 0 bridgehead atoms. The van der Waals surface area contributed by atoms with Crippen LogP contribution in [0.15, 0.2) is 22.7 Å². The van der Waals surface area contributed by atoms with Gasteiger partial charge in [0, 0.05) is 16.3 Å². The topological polar surface area (TPSA) is 49.3 Å². The molecule has 17 heavy (non-hydrogen) atoms. The minimum atomic E-state index is -0.260. The Morgan fingerprint density at radius 2 is 2.12 bits per heavy atom. The van der Waals surface area contributed by atoms with E-state index in [1.54, 1.807) is 12.1 Å². The van der Waals surface area contributed by atoms with Crippen LogP contribution in [-0.2, 0) is 0 Å². The van der Waals surface area contributed by atoms with Crippen molar-refractivity contribution in [2.75, 3.05) is 11.9 Å². The zero-order valence-electron chi connectivity index (χ0n) is 9.76. The lowest BCUT2D eigenvalue weighted by Crippen LogP contribution is -2.34. The van der Waals surface area contributed by atoms with Crippen molar-refractivity contribution in [2.24, 2.45) is 5.41 Å². The molecule has 2 N–H and O–H groups in total. The second kappa shape index (κ2) is 5.87. The van der Waals surface area contributed by atoms with Crippen LogP contribution in [0.25, 0.3) is 0 Å². The van der Waals surface area contributed by atoms with Gasteiger partial charge in [-0.25, -0.2) is 0 Å². The van der Waals surface area contributed by atoms with E-state index in [1.807, 2.05) is 13.8 Å². The van der Waals surface area contributed by atoms with Crippen LogP contribution in [0, 0.1) is 5.41 Å². The van der Waals surface area contributed by atoms with Crippen LogP contribution < -0.4 is 5.32 Å². The second-order valence-corrected chi connectivity index (χ2v) is 6.12. The molecule has 0 spiro atoms. The van der Waals surface area contributed by atoms with E-state index >= 15 is 0 Å². The summed E-state index contributed by atoms with van der Waals surface area (Å²) >= 11 is 6.62. The Morgan fingerprint density at radius 3 is 2.65 bits per heavy atom. The van der Waals surface area contributed by atoms with Crippen LogP contribution in [0.1, 0.15) is 24.2 Å². The van der Waals surface area contributed by atoms with Gasteiger partial charge in [0.25, 0.3) is 5.91 Å². The maximum absolute atomic E-state index is 11.8. The number of benzene rings is 1. The fourth-order valence-electron chi connectivity index (χ4n) is 1.16. The highest BCUT2D eigenvalue weighted by atomic mass is 79.9. The molecule has 1 aromatic rings. The minimum Gasteiger partial charge on any atom is -0.507 e. The third-order valence-corrected chi connectivity index (χ3v) is 4.30. The number of halogens is 2. The quantitative estimate of drug-likeness (QED) is 0.805. The first-order valence-electron chi connectivity index (χ1n) is 5.18. The minimum absolute atomic E-state index is 0.0133. The molecular formula is C12H15Br2NO2. The van der Waals surface area contributed by atoms with Gasteiger partial charge in [0.2, 0.25) is 0 Å². The summed E-state index contributed by atoms with van der Waals surface area (Å²) < 4.78 is 0.743. The van der Waals surface area contributed by atoms with Crippen LogP contribution in [0.2, 0.25) is 0 Å². The highest BCUT2D eigenvalue weighted by Crippen LogP contribution is 2.22. The number of nitrogens with one attached hydrogen (secondary N) is 1. The monoisotopic (exact) mass is 363 g/mol. The van der Waals surface area contributed by atoms with Crippen LogP contribution >= 0.6 is 31.9 Å². The first-order chi connectivity index (χ1) is 7.85. The lowest BCUT2D eigenvalue weighted by Gasteiger charge is -2.22. The summed E-state index contributed by atoms with van der Waals surface area (Å²) in [5, 5.41) is 13.3. The van der Waals surface area contributed by atoms with Gasteiger partial charge in [-0.3, -0.25) is 4.79 Å². The van der Waals surface area contributed by atoms with E-state index in [4.69, 9.17) is 0 Å². The van der Waals surface area contributed by atoms with E-state index in [9.17, 15) is 9.90 Å². The third kappa shape index (κ3) is 4.32. The Bertz CT molecular complexity index is 419. The van der Waals surface area contributed by atoms with Crippen molar-refractivity contribution in [2.45, 2.75) is 13.8 Å². The van der Waals surface area contributed by atoms with Crippen LogP contribution in [-0.4, -0.2) is 22.9 Å². The SMILES string of the molecule is CC(C)(CBr)CNC(=O)c1ccc(Br)cc1O. The largest absolute Gasteiger partial charge is 0.507 e. The first-order valence-corrected chi connectivity index (χ1v) is 7.10. The van der Waals surface area contributed by atoms with Crippen LogP contribution in [0.5, 0.6) is 5.75 Å². The summed E-state index contributed by atoms with van der Waals surface area (Å²) in [4.78, 5) is 11.8. The molecule has 0 aliphatic carbocycles. The summed E-state index contributed by atoms with van der Waals surface area (Å²) in [5.74, 6) is -0.280. The van der Waals surface area contributed by atoms with E-state index in [1.165, 1.54) is 6.07 Å². The van der Waals surface area contributed by atoms with Crippen molar-refractivity contribution < 1.29 is 9.90 Å². The number of alkyl halides is 1. The molecule has 5 heteroatoms. The summed E-state index contributed by atoms with van der Waals surface area (Å²) in [5.41, 5.74) is 0.277. The molecule has 3 nitrogen and oxygen atoms in total. The number of amides is 1. The average Bonchev–Trinajstić information content (AvgIpc) is 2.26. The fraction of sp³-hybridized carbons (Fsp3) is 0.417. The average molecular weight is 365 g/mol. The van der Waals surface area contributed by atoms with Crippen molar-refractivity contribution in [3.05, 3.63) is 28.2 Å². The summed E-state index contributed by atoms with van der Waals surface area (Å²) in [6.07, 6.45) is 0. The van der Waals surface area contributed by atoms with Gasteiger partial charge < -0.3 is 10.4 Å². The van der Waals surface area contributed by atoms with Gasteiger partial charge in [0.15, 0.2) is 0 Å². The van der Waals surface area contributed by atoms with Gasteiger partial charge in [-0.05, 0) is 23.6 Å². The van der Waals surface area contributed by atoms with E-state index < -0.39 is 0 Å². The summed E-state index contributed by atoms with van der Waals surface area (Å²) in [6.45, 7) is 4.64. The van der Waals surface area contributed by atoms with Gasteiger partial charge in [-0.2, -0.15) is 0 Å². The van der Waals surface area contributed by atoms with Crippen molar-refractivity contribution >= 4 is 37.8 Å². The lowest BCUT2D eigenvalue weighted by atomic mass is 9.97. The molecule has 0 saturated carbocycles. The zero-order valence-corrected chi connectivity index (χ0v) is 12.9. The van der Waals surface area contributed by atoms with E-state index in [0.29, 0.717) is 12.1 Å². The Balaban J connectivity index is 2.71.